The number of fused-ring (bicyclic) bond motifs is 1. The Kier molecular flexibility index (Phi) is 6.06. The van der Waals surface area contributed by atoms with Crippen LogP contribution in [0, 0.1) is 0 Å². The van der Waals surface area contributed by atoms with Crippen LogP contribution in [-0.2, 0) is 22.4 Å². The van der Waals surface area contributed by atoms with Gasteiger partial charge in [0.25, 0.3) is 0 Å². The van der Waals surface area contributed by atoms with Crippen molar-refractivity contribution < 1.29 is 9.53 Å². The number of hydrogen-bond acceptors (Lipinski definition) is 3. The molecule has 1 aliphatic rings. The van der Waals surface area contributed by atoms with Crippen LogP contribution in [0.5, 0.6) is 0 Å². The molecule has 2 rings (SSSR count). The summed E-state index contributed by atoms with van der Waals surface area (Å²) in [6.45, 7) is 2.20. The van der Waals surface area contributed by atoms with E-state index in [1.807, 2.05) is 6.07 Å². The normalized spacial score (nSPS) is 17.7. The first-order chi connectivity index (χ1) is 8.69. The molecule has 104 valence electrons. The number of carbonyl (C=O) groups excluding carboxylic acids is 1. The number of aryl methyl sites for hydroxylation is 1. The SMILES string of the molecule is CCOC(=O)C=Cc1ccc2c(c1)C[C@@H](N)CC2.Cl. The molecule has 19 heavy (non-hydrogen) atoms. The first kappa shape index (κ1) is 15.7. The van der Waals surface area contributed by atoms with Crippen molar-refractivity contribution in [1.82, 2.24) is 0 Å². The average Bonchev–Trinajstić information content (AvgIpc) is 2.36. The minimum atomic E-state index is -0.299. The van der Waals surface area contributed by atoms with E-state index in [2.05, 4.69) is 12.1 Å². The minimum absolute atomic E-state index is 0. The van der Waals surface area contributed by atoms with Crippen molar-refractivity contribution in [3.63, 3.8) is 0 Å². The fourth-order valence-corrected chi connectivity index (χ4v) is 2.26. The molecule has 1 aromatic rings. The number of esters is 1. The van der Waals surface area contributed by atoms with Crippen molar-refractivity contribution in [1.29, 1.82) is 0 Å². The molecule has 0 saturated carbocycles. The Hall–Kier alpha value is -1.32. The standard InChI is InChI=1S/C15H19NO2.ClH/c1-2-18-15(17)8-4-11-3-5-12-6-7-14(16)10-13(12)9-11;/h3-5,8-9,14H,2,6-7,10,16H2,1H3;1H/t14-;/m0./s1. The summed E-state index contributed by atoms with van der Waals surface area (Å²) in [6, 6.07) is 6.54. The molecule has 0 amide bonds. The lowest BCUT2D eigenvalue weighted by Gasteiger charge is -2.21. The van der Waals surface area contributed by atoms with Gasteiger partial charge in [-0.1, -0.05) is 18.2 Å². The third-order valence-corrected chi connectivity index (χ3v) is 3.20. The lowest BCUT2D eigenvalue weighted by molar-refractivity contribution is -0.137. The zero-order chi connectivity index (χ0) is 13.0. The number of nitrogens with two attached hydrogens (primary N) is 1. The maximum Gasteiger partial charge on any atom is 0.330 e. The second-order valence-corrected chi connectivity index (χ2v) is 4.62. The van der Waals surface area contributed by atoms with Gasteiger partial charge in [-0.2, -0.15) is 0 Å². The molecule has 2 N–H and O–H groups in total. The van der Waals surface area contributed by atoms with E-state index in [0.717, 1.165) is 24.8 Å². The van der Waals surface area contributed by atoms with Crippen LogP contribution in [-0.4, -0.2) is 18.6 Å². The number of ether oxygens (including phenoxy) is 1. The maximum absolute atomic E-state index is 11.2. The van der Waals surface area contributed by atoms with E-state index >= 15 is 0 Å². The predicted octanol–water partition coefficient (Wildman–Crippen LogP) is 2.50. The molecule has 1 atom stereocenters. The Labute approximate surface area is 120 Å². The first-order valence-electron chi connectivity index (χ1n) is 6.41. The van der Waals surface area contributed by atoms with Gasteiger partial charge in [0.05, 0.1) is 6.61 Å². The maximum atomic E-state index is 11.2. The van der Waals surface area contributed by atoms with Gasteiger partial charge in [0, 0.05) is 12.1 Å². The zero-order valence-corrected chi connectivity index (χ0v) is 11.9. The molecular weight excluding hydrogens is 262 g/mol. The Morgan fingerprint density at radius 1 is 1.47 bits per heavy atom. The summed E-state index contributed by atoms with van der Waals surface area (Å²) in [5.41, 5.74) is 9.68. The van der Waals surface area contributed by atoms with E-state index in [1.165, 1.54) is 17.2 Å². The Balaban J connectivity index is 0.00000180. The highest BCUT2D eigenvalue weighted by molar-refractivity contribution is 5.87. The summed E-state index contributed by atoms with van der Waals surface area (Å²) < 4.78 is 4.85. The number of carbonyl (C=O) groups is 1. The molecule has 0 aromatic heterocycles. The van der Waals surface area contributed by atoms with Crippen LogP contribution in [0.4, 0.5) is 0 Å². The predicted molar refractivity (Wildman–Crippen MR) is 79.4 cm³/mol. The van der Waals surface area contributed by atoms with Crippen molar-refractivity contribution in [2.24, 2.45) is 5.73 Å². The van der Waals surface area contributed by atoms with E-state index in [1.54, 1.807) is 13.0 Å². The van der Waals surface area contributed by atoms with Gasteiger partial charge in [-0.15, -0.1) is 12.4 Å². The van der Waals surface area contributed by atoms with Gasteiger partial charge in [0.1, 0.15) is 0 Å². The smallest absolute Gasteiger partial charge is 0.330 e. The van der Waals surface area contributed by atoms with Gasteiger partial charge >= 0.3 is 5.97 Å². The molecule has 1 aliphatic carbocycles. The summed E-state index contributed by atoms with van der Waals surface area (Å²) >= 11 is 0. The third kappa shape index (κ3) is 4.37. The summed E-state index contributed by atoms with van der Waals surface area (Å²) in [4.78, 5) is 11.2. The number of rotatable bonds is 3. The molecule has 3 nitrogen and oxygen atoms in total. The van der Waals surface area contributed by atoms with E-state index in [0.29, 0.717) is 6.61 Å². The molecule has 0 aliphatic heterocycles. The van der Waals surface area contributed by atoms with Crippen molar-refractivity contribution in [2.75, 3.05) is 6.61 Å². The van der Waals surface area contributed by atoms with Crippen LogP contribution in [0.3, 0.4) is 0 Å². The number of benzene rings is 1. The Morgan fingerprint density at radius 2 is 2.26 bits per heavy atom. The minimum Gasteiger partial charge on any atom is -0.463 e. The van der Waals surface area contributed by atoms with Crippen molar-refractivity contribution in [2.45, 2.75) is 32.2 Å². The summed E-state index contributed by atoms with van der Waals surface area (Å²) in [5.74, 6) is -0.299. The monoisotopic (exact) mass is 281 g/mol. The van der Waals surface area contributed by atoms with Crippen LogP contribution < -0.4 is 5.73 Å². The van der Waals surface area contributed by atoms with Crippen LogP contribution in [0.2, 0.25) is 0 Å². The largest absolute Gasteiger partial charge is 0.463 e. The summed E-state index contributed by atoms with van der Waals surface area (Å²) in [6.07, 6.45) is 6.30. The van der Waals surface area contributed by atoms with E-state index < -0.39 is 0 Å². The fourth-order valence-electron chi connectivity index (χ4n) is 2.26. The molecule has 0 radical (unpaired) electrons. The highest BCUT2D eigenvalue weighted by atomic mass is 35.5. The third-order valence-electron chi connectivity index (χ3n) is 3.20. The molecule has 0 saturated heterocycles. The summed E-state index contributed by atoms with van der Waals surface area (Å²) in [5, 5.41) is 0. The average molecular weight is 282 g/mol. The fraction of sp³-hybridized carbons (Fsp3) is 0.400. The topological polar surface area (TPSA) is 52.3 Å². The highest BCUT2D eigenvalue weighted by Gasteiger charge is 2.14. The second kappa shape index (κ2) is 7.31. The van der Waals surface area contributed by atoms with E-state index in [-0.39, 0.29) is 24.4 Å². The molecule has 0 heterocycles. The van der Waals surface area contributed by atoms with Crippen LogP contribution >= 0.6 is 12.4 Å². The van der Waals surface area contributed by atoms with Crippen LogP contribution in [0.15, 0.2) is 24.3 Å². The van der Waals surface area contributed by atoms with Crippen LogP contribution in [0.25, 0.3) is 6.08 Å². The molecular formula is C15H20ClNO2. The van der Waals surface area contributed by atoms with Gasteiger partial charge < -0.3 is 10.5 Å². The lowest BCUT2D eigenvalue weighted by Crippen LogP contribution is -2.27. The van der Waals surface area contributed by atoms with Crippen LogP contribution in [0.1, 0.15) is 30.0 Å². The first-order valence-corrected chi connectivity index (χ1v) is 6.41. The quantitative estimate of drug-likeness (QED) is 0.684. The van der Waals surface area contributed by atoms with E-state index in [9.17, 15) is 4.79 Å². The second-order valence-electron chi connectivity index (χ2n) is 4.62. The Bertz CT molecular complexity index is 471. The van der Waals surface area contributed by atoms with Gasteiger partial charge in [-0.3, -0.25) is 0 Å². The zero-order valence-electron chi connectivity index (χ0n) is 11.1. The van der Waals surface area contributed by atoms with Crippen molar-refractivity contribution in [3.8, 4) is 0 Å². The molecule has 0 spiro atoms. The van der Waals surface area contributed by atoms with Crippen molar-refractivity contribution in [3.05, 3.63) is 41.0 Å². The Morgan fingerprint density at radius 3 is 3.00 bits per heavy atom. The van der Waals surface area contributed by atoms with Crippen molar-refractivity contribution >= 4 is 24.5 Å². The summed E-state index contributed by atoms with van der Waals surface area (Å²) in [7, 11) is 0. The molecule has 1 aromatic carbocycles. The molecule has 0 bridgehead atoms. The highest BCUT2D eigenvalue weighted by Crippen LogP contribution is 2.22. The number of hydrogen-bond donors (Lipinski definition) is 1. The van der Waals surface area contributed by atoms with Gasteiger partial charge in [0.15, 0.2) is 0 Å². The van der Waals surface area contributed by atoms with Gasteiger partial charge in [-0.05, 0) is 49.0 Å². The molecule has 0 unspecified atom stereocenters. The van der Waals surface area contributed by atoms with Gasteiger partial charge in [0.2, 0.25) is 0 Å². The molecule has 4 heteroatoms. The molecule has 0 fully saturated rings. The van der Waals surface area contributed by atoms with E-state index in [4.69, 9.17) is 10.5 Å². The lowest BCUT2D eigenvalue weighted by atomic mass is 9.87. The number of halogens is 1. The van der Waals surface area contributed by atoms with Gasteiger partial charge in [-0.25, -0.2) is 4.79 Å².